The van der Waals surface area contributed by atoms with Crippen molar-refractivity contribution in [2.45, 2.75) is 13.0 Å². The number of methoxy groups -OCH3 is 1. The molecule has 0 saturated carbocycles. The zero-order chi connectivity index (χ0) is 14.8. The fraction of sp³-hybridized carbons (Fsp3) is 0.176. The molecule has 0 amide bonds. The number of carbonyl (C=O) groups is 2. The van der Waals surface area contributed by atoms with Crippen molar-refractivity contribution in [3.63, 3.8) is 0 Å². The summed E-state index contributed by atoms with van der Waals surface area (Å²) in [5.41, 5.74) is 3.86. The highest BCUT2D eigenvalue weighted by molar-refractivity contribution is 6.14. The normalized spacial score (nSPS) is 12.7. The lowest BCUT2D eigenvalue weighted by molar-refractivity contribution is -0.139. The Kier molecular flexibility index (Phi) is 3.44. The molecule has 2 aromatic carbocycles. The van der Waals surface area contributed by atoms with Crippen LogP contribution in [0.1, 0.15) is 27.0 Å². The number of ether oxygens (including phenoxy) is 1. The molecule has 0 spiro atoms. The standard InChI is InChI=1S/C17H15NO3/c1-21-16(19)9-11-6-7-15-14(8-11)17(20)13-5-3-2-4-12(13)10-18-15/h2-8,18H,9-10H2,1H3. The molecular formula is C17H15NO3. The first kappa shape index (κ1) is 13.4. The molecule has 0 unspecified atom stereocenters. The van der Waals surface area contributed by atoms with Crippen LogP contribution in [0.2, 0.25) is 0 Å². The summed E-state index contributed by atoms with van der Waals surface area (Å²) in [5, 5.41) is 3.27. The van der Waals surface area contributed by atoms with Gasteiger partial charge in [-0.15, -0.1) is 0 Å². The van der Waals surface area contributed by atoms with E-state index in [0.717, 1.165) is 16.8 Å². The zero-order valence-corrected chi connectivity index (χ0v) is 11.7. The lowest BCUT2D eigenvalue weighted by Gasteiger charge is -2.08. The maximum absolute atomic E-state index is 12.7. The van der Waals surface area contributed by atoms with Crippen LogP contribution in [0.5, 0.6) is 0 Å². The van der Waals surface area contributed by atoms with Gasteiger partial charge in [-0.2, -0.15) is 0 Å². The summed E-state index contributed by atoms with van der Waals surface area (Å²) in [6.07, 6.45) is 0.165. The summed E-state index contributed by atoms with van der Waals surface area (Å²) in [6, 6.07) is 13.0. The molecule has 1 N–H and O–H groups in total. The zero-order valence-electron chi connectivity index (χ0n) is 11.7. The van der Waals surface area contributed by atoms with Gasteiger partial charge in [-0.25, -0.2) is 0 Å². The molecule has 1 aliphatic rings. The molecular weight excluding hydrogens is 266 g/mol. The molecule has 2 aromatic rings. The Bertz CT molecular complexity index is 722. The Labute approximate surface area is 122 Å². The highest BCUT2D eigenvalue weighted by Crippen LogP contribution is 2.27. The highest BCUT2D eigenvalue weighted by atomic mass is 16.5. The Hall–Kier alpha value is -2.62. The minimum Gasteiger partial charge on any atom is -0.469 e. The lowest BCUT2D eigenvalue weighted by Crippen LogP contribution is -2.07. The number of esters is 1. The number of fused-ring (bicyclic) bond motifs is 2. The molecule has 0 aliphatic carbocycles. The number of rotatable bonds is 2. The second kappa shape index (κ2) is 5.40. The van der Waals surface area contributed by atoms with E-state index in [9.17, 15) is 9.59 Å². The second-order valence-electron chi connectivity index (χ2n) is 4.97. The molecule has 1 aliphatic heterocycles. The topological polar surface area (TPSA) is 55.4 Å². The van der Waals surface area contributed by atoms with E-state index >= 15 is 0 Å². The number of carbonyl (C=O) groups excluding carboxylic acids is 2. The van der Waals surface area contributed by atoms with Crippen LogP contribution >= 0.6 is 0 Å². The van der Waals surface area contributed by atoms with Gasteiger partial charge in [0.25, 0.3) is 0 Å². The SMILES string of the molecule is COC(=O)Cc1ccc2c(c1)C(=O)c1ccccc1CN2. The van der Waals surface area contributed by atoms with E-state index in [-0.39, 0.29) is 18.2 Å². The second-order valence-corrected chi connectivity index (χ2v) is 4.97. The quantitative estimate of drug-likeness (QED) is 0.860. The number of hydrogen-bond donors (Lipinski definition) is 1. The molecule has 0 bridgehead atoms. The van der Waals surface area contributed by atoms with Gasteiger partial charge in [-0.05, 0) is 23.3 Å². The summed E-state index contributed by atoms with van der Waals surface area (Å²) in [4.78, 5) is 24.1. The molecule has 4 nitrogen and oxygen atoms in total. The van der Waals surface area contributed by atoms with Crippen molar-refractivity contribution in [2.75, 3.05) is 12.4 Å². The van der Waals surface area contributed by atoms with E-state index in [1.54, 1.807) is 6.07 Å². The van der Waals surface area contributed by atoms with E-state index in [0.29, 0.717) is 17.7 Å². The van der Waals surface area contributed by atoms with E-state index in [1.165, 1.54) is 7.11 Å². The van der Waals surface area contributed by atoms with Crippen LogP contribution < -0.4 is 5.32 Å². The van der Waals surface area contributed by atoms with E-state index < -0.39 is 0 Å². The highest BCUT2D eigenvalue weighted by Gasteiger charge is 2.21. The van der Waals surface area contributed by atoms with Crippen molar-refractivity contribution in [3.05, 3.63) is 64.7 Å². The largest absolute Gasteiger partial charge is 0.469 e. The van der Waals surface area contributed by atoms with Crippen molar-refractivity contribution < 1.29 is 14.3 Å². The van der Waals surface area contributed by atoms with Crippen molar-refractivity contribution in [1.82, 2.24) is 0 Å². The van der Waals surface area contributed by atoms with E-state index in [2.05, 4.69) is 10.1 Å². The summed E-state index contributed by atoms with van der Waals surface area (Å²) in [5.74, 6) is -0.332. The molecule has 106 valence electrons. The Morgan fingerprint density at radius 3 is 2.81 bits per heavy atom. The van der Waals surface area contributed by atoms with Crippen LogP contribution in [0.4, 0.5) is 5.69 Å². The van der Waals surface area contributed by atoms with Crippen LogP contribution in [0.15, 0.2) is 42.5 Å². The molecule has 0 saturated heterocycles. The van der Waals surface area contributed by atoms with Crippen molar-refractivity contribution in [1.29, 1.82) is 0 Å². The monoisotopic (exact) mass is 281 g/mol. The van der Waals surface area contributed by atoms with E-state index in [1.807, 2.05) is 36.4 Å². The predicted octanol–water partition coefficient (Wildman–Crippen LogP) is 2.56. The average molecular weight is 281 g/mol. The first-order chi connectivity index (χ1) is 10.2. The molecule has 0 fully saturated rings. The molecule has 0 aromatic heterocycles. The summed E-state index contributed by atoms with van der Waals surface area (Å²) < 4.78 is 4.67. The fourth-order valence-corrected chi connectivity index (χ4v) is 2.51. The van der Waals surface area contributed by atoms with Gasteiger partial charge in [0.2, 0.25) is 0 Å². The van der Waals surface area contributed by atoms with Gasteiger partial charge >= 0.3 is 5.97 Å². The lowest BCUT2D eigenvalue weighted by atomic mass is 9.97. The van der Waals surface area contributed by atoms with Crippen LogP contribution in [0, 0.1) is 0 Å². The number of nitrogens with one attached hydrogen (secondary N) is 1. The van der Waals surface area contributed by atoms with Gasteiger partial charge in [-0.3, -0.25) is 9.59 Å². The minimum absolute atomic E-state index is 0.0164. The van der Waals surface area contributed by atoms with Crippen molar-refractivity contribution >= 4 is 17.4 Å². The molecule has 0 radical (unpaired) electrons. The van der Waals surface area contributed by atoms with Gasteiger partial charge in [0.15, 0.2) is 5.78 Å². The number of ketones is 1. The number of hydrogen-bond acceptors (Lipinski definition) is 4. The third kappa shape index (κ3) is 2.52. The maximum atomic E-state index is 12.7. The smallest absolute Gasteiger partial charge is 0.309 e. The van der Waals surface area contributed by atoms with Gasteiger partial charge in [-0.1, -0.05) is 30.3 Å². The van der Waals surface area contributed by atoms with Crippen molar-refractivity contribution in [2.24, 2.45) is 0 Å². The first-order valence-electron chi connectivity index (χ1n) is 6.75. The Morgan fingerprint density at radius 2 is 2.00 bits per heavy atom. The third-order valence-corrected chi connectivity index (χ3v) is 3.64. The number of anilines is 1. The van der Waals surface area contributed by atoms with E-state index in [4.69, 9.17) is 0 Å². The van der Waals surface area contributed by atoms with Crippen LogP contribution in [0.25, 0.3) is 0 Å². The minimum atomic E-state index is -0.315. The van der Waals surface area contributed by atoms with Gasteiger partial charge in [0.05, 0.1) is 13.5 Å². The maximum Gasteiger partial charge on any atom is 0.309 e. The Balaban J connectivity index is 2.02. The summed E-state index contributed by atoms with van der Waals surface area (Å²) >= 11 is 0. The van der Waals surface area contributed by atoms with Crippen LogP contribution in [-0.4, -0.2) is 18.9 Å². The summed E-state index contributed by atoms with van der Waals surface area (Å²) in [6.45, 7) is 0.616. The summed E-state index contributed by atoms with van der Waals surface area (Å²) in [7, 11) is 1.36. The average Bonchev–Trinajstić information content (AvgIpc) is 2.65. The van der Waals surface area contributed by atoms with Crippen LogP contribution in [0.3, 0.4) is 0 Å². The molecule has 1 heterocycles. The molecule has 4 heteroatoms. The molecule has 3 rings (SSSR count). The first-order valence-corrected chi connectivity index (χ1v) is 6.75. The predicted molar refractivity (Wildman–Crippen MR) is 79.4 cm³/mol. The molecule has 0 atom stereocenters. The number of benzene rings is 2. The fourth-order valence-electron chi connectivity index (χ4n) is 2.51. The van der Waals surface area contributed by atoms with Gasteiger partial charge in [0, 0.05) is 23.4 Å². The van der Waals surface area contributed by atoms with Gasteiger partial charge in [0.1, 0.15) is 0 Å². The molecule has 21 heavy (non-hydrogen) atoms. The van der Waals surface area contributed by atoms with Crippen molar-refractivity contribution in [3.8, 4) is 0 Å². The van der Waals surface area contributed by atoms with Gasteiger partial charge < -0.3 is 10.1 Å². The third-order valence-electron chi connectivity index (χ3n) is 3.64. The Morgan fingerprint density at radius 1 is 1.19 bits per heavy atom. The van der Waals surface area contributed by atoms with Crippen LogP contribution in [-0.2, 0) is 22.5 Å².